The smallest absolute Gasteiger partial charge is 0.414 e. The molecule has 1 unspecified atom stereocenters. The average molecular weight is 300 g/mol. The van der Waals surface area contributed by atoms with Crippen LogP contribution < -0.4 is 4.90 Å². The lowest BCUT2D eigenvalue weighted by Gasteiger charge is -2.19. The minimum Gasteiger partial charge on any atom is -0.481 e. The Morgan fingerprint density at radius 2 is 2.12 bits per heavy atom. The molecule has 1 aliphatic heterocycles. The second kappa shape index (κ2) is 4.75. The van der Waals surface area contributed by atoms with Crippen LogP contribution in [-0.4, -0.2) is 29.8 Å². The van der Waals surface area contributed by atoms with Gasteiger partial charge in [-0.15, -0.1) is 0 Å². The van der Waals surface area contributed by atoms with Gasteiger partial charge in [0.25, 0.3) is 0 Å². The zero-order valence-electron chi connectivity index (χ0n) is 8.80. The van der Waals surface area contributed by atoms with E-state index in [9.17, 15) is 9.59 Å². The number of nitrogens with zero attached hydrogens (tertiary/aromatic N) is 1. The second-order valence-corrected chi connectivity index (χ2v) is 4.59. The number of carboxylic acid groups (broad SMARTS) is 1. The molecule has 1 heterocycles. The average Bonchev–Trinajstić information content (AvgIpc) is 2.61. The fourth-order valence-corrected chi connectivity index (χ4v) is 1.99. The summed E-state index contributed by atoms with van der Waals surface area (Å²) in [6.45, 7) is 0.112. The number of aliphatic carboxylic acids is 1. The first-order chi connectivity index (χ1) is 8.08. The largest absolute Gasteiger partial charge is 0.481 e. The van der Waals surface area contributed by atoms with Gasteiger partial charge in [-0.1, -0.05) is 15.9 Å². The van der Waals surface area contributed by atoms with Gasteiger partial charge in [0.15, 0.2) is 0 Å². The number of amides is 1. The summed E-state index contributed by atoms with van der Waals surface area (Å²) in [6.07, 6.45) is -0.625. The van der Waals surface area contributed by atoms with Crippen LogP contribution in [0.15, 0.2) is 28.7 Å². The fourth-order valence-electron chi connectivity index (χ4n) is 1.73. The summed E-state index contributed by atoms with van der Waals surface area (Å²) in [5, 5.41) is 8.77. The van der Waals surface area contributed by atoms with E-state index in [1.54, 1.807) is 24.3 Å². The molecule has 1 N–H and O–H groups in total. The van der Waals surface area contributed by atoms with Crippen molar-refractivity contribution < 1.29 is 19.4 Å². The number of rotatable bonds is 3. The van der Waals surface area contributed by atoms with E-state index in [2.05, 4.69) is 15.9 Å². The van der Waals surface area contributed by atoms with Crippen molar-refractivity contribution >= 4 is 33.7 Å². The standard InChI is InChI=1S/C11H10BrNO4/c12-7-1-3-8(4-2-7)13-9(5-10(14)15)6-17-11(13)16/h1-4,9H,5-6H2,(H,14,15). The molecule has 1 saturated heterocycles. The maximum absolute atomic E-state index is 11.6. The molecule has 1 aliphatic rings. The van der Waals surface area contributed by atoms with Crippen LogP contribution in [0.1, 0.15) is 6.42 Å². The van der Waals surface area contributed by atoms with Gasteiger partial charge in [0.2, 0.25) is 0 Å². The monoisotopic (exact) mass is 299 g/mol. The molecule has 90 valence electrons. The number of hydrogen-bond acceptors (Lipinski definition) is 3. The first-order valence-corrected chi connectivity index (χ1v) is 5.80. The Bertz CT molecular complexity index is 445. The van der Waals surface area contributed by atoms with Gasteiger partial charge < -0.3 is 9.84 Å². The van der Waals surface area contributed by atoms with Crippen molar-refractivity contribution in [2.45, 2.75) is 12.5 Å². The summed E-state index contributed by atoms with van der Waals surface area (Å²) >= 11 is 3.30. The Morgan fingerprint density at radius 3 is 2.71 bits per heavy atom. The minimum atomic E-state index is -0.949. The molecule has 5 nitrogen and oxygen atoms in total. The number of hydrogen-bond donors (Lipinski definition) is 1. The summed E-state index contributed by atoms with van der Waals surface area (Å²) in [7, 11) is 0. The zero-order chi connectivity index (χ0) is 12.4. The first kappa shape index (κ1) is 11.9. The quantitative estimate of drug-likeness (QED) is 0.929. The molecule has 6 heteroatoms. The first-order valence-electron chi connectivity index (χ1n) is 5.01. The van der Waals surface area contributed by atoms with Crippen LogP contribution in [0.2, 0.25) is 0 Å². The molecule has 0 radical (unpaired) electrons. The second-order valence-electron chi connectivity index (χ2n) is 3.68. The van der Waals surface area contributed by atoms with E-state index in [0.29, 0.717) is 5.69 Å². The topological polar surface area (TPSA) is 66.8 Å². The minimum absolute atomic E-state index is 0.112. The maximum atomic E-state index is 11.6. The molecule has 0 spiro atoms. The molecule has 2 rings (SSSR count). The van der Waals surface area contributed by atoms with Gasteiger partial charge in [-0.25, -0.2) is 4.79 Å². The third-order valence-corrected chi connectivity index (χ3v) is 3.00. The van der Waals surface area contributed by atoms with E-state index < -0.39 is 18.1 Å². The van der Waals surface area contributed by atoms with Crippen molar-refractivity contribution in [3.63, 3.8) is 0 Å². The lowest BCUT2D eigenvalue weighted by atomic mass is 10.2. The SMILES string of the molecule is O=C(O)CC1COC(=O)N1c1ccc(Br)cc1. The highest BCUT2D eigenvalue weighted by Crippen LogP contribution is 2.26. The van der Waals surface area contributed by atoms with E-state index >= 15 is 0 Å². The van der Waals surface area contributed by atoms with Crippen molar-refractivity contribution in [2.75, 3.05) is 11.5 Å². The van der Waals surface area contributed by atoms with Crippen LogP contribution in [-0.2, 0) is 9.53 Å². The van der Waals surface area contributed by atoms with Crippen molar-refractivity contribution in [1.82, 2.24) is 0 Å². The van der Waals surface area contributed by atoms with E-state index in [0.717, 1.165) is 4.47 Å². The predicted molar refractivity (Wildman–Crippen MR) is 64.0 cm³/mol. The molecule has 1 aromatic carbocycles. The van der Waals surface area contributed by atoms with Gasteiger partial charge >= 0.3 is 12.1 Å². The van der Waals surface area contributed by atoms with Crippen molar-refractivity contribution in [2.24, 2.45) is 0 Å². The van der Waals surface area contributed by atoms with Gasteiger partial charge in [0.05, 0.1) is 12.5 Å². The molecule has 1 atom stereocenters. The Balaban J connectivity index is 2.24. The third-order valence-electron chi connectivity index (χ3n) is 2.48. The molecule has 0 aromatic heterocycles. The molecule has 0 aliphatic carbocycles. The van der Waals surface area contributed by atoms with E-state index in [-0.39, 0.29) is 13.0 Å². The Kier molecular flexibility index (Phi) is 3.33. The van der Waals surface area contributed by atoms with E-state index in [4.69, 9.17) is 9.84 Å². The van der Waals surface area contributed by atoms with E-state index in [1.807, 2.05) is 0 Å². The van der Waals surface area contributed by atoms with Crippen molar-refractivity contribution in [1.29, 1.82) is 0 Å². The maximum Gasteiger partial charge on any atom is 0.414 e. The van der Waals surface area contributed by atoms with Gasteiger partial charge in [-0.2, -0.15) is 0 Å². The molecule has 1 amide bonds. The molecule has 17 heavy (non-hydrogen) atoms. The highest BCUT2D eigenvalue weighted by atomic mass is 79.9. The molecular weight excluding hydrogens is 290 g/mol. The van der Waals surface area contributed by atoms with Gasteiger partial charge in [-0.05, 0) is 24.3 Å². The molecule has 0 bridgehead atoms. The lowest BCUT2D eigenvalue weighted by Crippen LogP contribution is -2.35. The third kappa shape index (κ3) is 2.58. The normalized spacial score (nSPS) is 19.2. The summed E-state index contributed by atoms with van der Waals surface area (Å²) in [6, 6.07) is 6.62. The van der Waals surface area contributed by atoms with Crippen LogP contribution in [0.3, 0.4) is 0 Å². The van der Waals surface area contributed by atoms with Crippen LogP contribution in [0.25, 0.3) is 0 Å². The Labute approximate surface area is 106 Å². The molecule has 1 aromatic rings. The Morgan fingerprint density at radius 1 is 1.47 bits per heavy atom. The van der Waals surface area contributed by atoms with Gasteiger partial charge in [0, 0.05) is 10.2 Å². The number of anilines is 1. The van der Waals surface area contributed by atoms with Crippen LogP contribution in [0.4, 0.5) is 10.5 Å². The Hall–Kier alpha value is -1.56. The number of halogens is 1. The van der Waals surface area contributed by atoms with E-state index in [1.165, 1.54) is 4.90 Å². The van der Waals surface area contributed by atoms with Crippen LogP contribution in [0.5, 0.6) is 0 Å². The number of carbonyl (C=O) groups excluding carboxylic acids is 1. The van der Waals surface area contributed by atoms with Crippen LogP contribution in [0, 0.1) is 0 Å². The number of carbonyl (C=O) groups is 2. The van der Waals surface area contributed by atoms with Crippen molar-refractivity contribution in [3.8, 4) is 0 Å². The van der Waals surface area contributed by atoms with Crippen LogP contribution >= 0.6 is 15.9 Å². The van der Waals surface area contributed by atoms with Gasteiger partial charge in [-0.3, -0.25) is 9.69 Å². The summed E-state index contributed by atoms with van der Waals surface area (Å²) < 4.78 is 5.77. The summed E-state index contributed by atoms with van der Waals surface area (Å²) in [5.74, 6) is -0.949. The lowest BCUT2D eigenvalue weighted by molar-refractivity contribution is -0.137. The number of ether oxygens (including phenoxy) is 1. The number of cyclic esters (lactones) is 1. The molecular formula is C11H10BrNO4. The summed E-state index contributed by atoms with van der Waals surface area (Å²) in [5.41, 5.74) is 0.641. The highest BCUT2D eigenvalue weighted by Gasteiger charge is 2.35. The molecule has 0 saturated carbocycles. The fraction of sp³-hybridized carbons (Fsp3) is 0.273. The van der Waals surface area contributed by atoms with Crippen molar-refractivity contribution in [3.05, 3.63) is 28.7 Å². The summed E-state index contributed by atoms with van der Waals surface area (Å²) in [4.78, 5) is 23.6. The number of carboxylic acids is 1. The molecule has 1 fully saturated rings. The highest BCUT2D eigenvalue weighted by molar-refractivity contribution is 9.10. The number of benzene rings is 1. The predicted octanol–water partition coefficient (Wildman–Crippen LogP) is 2.25. The zero-order valence-corrected chi connectivity index (χ0v) is 10.4. The van der Waals surface area contributed by atoms with Gasteiger partial charge in [0.1, 0.15) is 6.61 Å².